The van der Waals surface area contributed by atoms with E-state index in [9.17, 15) is 4.79 Å². The molecule has 1 saturated heterocycles. The van der Waals surface area contributed by atoms with Gasteiger partial charge in [0.25, 0.3) is 5.91 Å². The molecular formula is C20H26N4O. The number of benzene rings is 1. The Morgan fingerprint density at radius 2 is 1.92 bits per heavy atom. The third-order valence-corrected chi connectivity index (χ3v) is 5.54. The second-order valence-corrected chi connectivity index (χ2v) is 8.09. The molecule has 25 heavy (non-hydrogen) atoms. The van der Waals surface area contributed by atoms with Crippen LogP contribution in [0.5, 0.6) is 0 Å². The van der Waals surface area contributed by atoms with Crippen molar-refractivity contribution in [1.29, 1.82) is 0 Å². The fourth-order valence-electron chi connectivity index (χ4n) is 3.61. The van der Waals surface area contributed by atoms with E-state index in [-0.39, 0.29) is 17.4 Å². The van der Waals surface area contributed by atoms with E-state index in [1.807, 2.05) is 46.0 Å². The lowest BCUT2D eigenvalue weighted by molar-refractivity contribution is 0.0524. The quantitative estimate of drug-likeness (QED) is 0.936. The van der Waals surface area contributed by atoms with Gasteiger partial charge >= 0.3 is 0 Å². The summed E-state index contributed by atoms with van der Waals surface area (Å²) < 4.78 is 1.82. The second kappa shape index (κ2) is 5.99. The summed E-state index contributed by atoms with van der Waals surface area (Å²) in [7, 11) is 0. The van der Waals surface area contributed by atoms with Crippen molar-refractivity contribution < 1.29 is 4.79 Å². The van der Waals surface area contributed by atoms with Crippen LogP contribution in [0.1, 0.15) is 55.2 Å². The number of piperidine rings is 1. The monoisotopic (exact) mass is 338 g/mol. The van der Waals surface area contributed by atoms with E-state index in [0.29, 0.717) is 24.7 Å². The summed E-state index contributed by atoms with van der Waals surface area (Å²) in [6, 6.07) is 12.1. The van der Waals surface area contributed by atoms with Crippen LogP contribution in [0.25, 0.3) is 5.69 Å². The second-order valence-electron chi connectivity index (χ2n) is 8.09. The van der Waals surface area contributed by atoms with Gasteiger partial charge < -0.3 is 10.6 Å². The third-order valence-electron chi connectivity index (χ3n) is 5.54. The Bertz CT molecular complexity index is 776. The fourth-order valence-corrected chi connectivity index (χ4v) is 3.61. The highest BCUT2D eigenvalue weighted by Gasteiger charge is 2.37. The average molecular weight is 338 g/mol. The first-order valence-corrected chi connectivity index (χ1v) is 9.16. The van der Waals surface area contributed by atoms with Gasteiger partial charge in [0, 0.05) is 25.0 Å². The van der Waals surface area contributed by atoms with Crippen molar-refractivity contribution in [2.75, 3.05) is 13.1 Å². The average Bonchev–Trinajstić information content (AvgIpc) is 3.36. The maximum Gasteiger partial charge on any atom is 0.272 e. The molecule has 2 aliphatic rings. The molecule has 2 heterocycles. The standard InChI is InChI=1S/C20H26N4O/c1-20(2)13-23(11-10-18(20)21)19(25)17-12-16(14-8-9-14)22-24(17)15-6-4-3-5-7-15/h3-7,12,14,18H,8-11,13,21H2,1-2H3. The van der Waals surface area contributed by atoms with E-state index < -0.39 is 0 Å². The number of para-hydroxylation sites is 1. The smallest absolute Gasteiger partial charge is 0.272 e. The predicted octanol–water partition coefficient (Wildman–Crippen LogP) is 2.95. The Balaban J connectivity index is 1.68. The third kappa shape index (κ3) is 3.09. The molecule has 1 unspecified atom stereocenters. The first kappa shape index (κ1) is 16.3. The van der Waals surface area contributed by atoms with Crippen LogP contribution in [-0.4, -0.2) is 39.7 Å². The molecule has 4 rings (SSSR count). The number of rotatable bonds is 3. The number of aromatic nitrogens is 2. The molecule has 1 aromatic carbocycles. The summed E-state index contributed by atoms with van der Waals surface area (Å²) in [6.45, 7) is 5.68. The molecule has 1 saturated carbocycles. The van der Waals surface area contributed by atoms with Gasteiger partial charge in [0.2, 0.25) is 0 Å². The van der Waals surface area contributed by atoms with E-state index >= 15 is 0 Å². The molecule has 1 aromatic heterocycles. The molecule has 1 aliphatic heterocycles. The lowest BCUT2D eigenvalue weighted by Crippen LogP contribution is -2.54. The summed E-state index contributed by atoms with van der Waals surface area (Å²) in [5.41, 5.74) is 8.81. The molecule has 1 atom stereocenters. The van der Waals surface area contributed by atoms with Crippen LogP contribution in [0.15, 0.2) is 36.4 Å². The van der Waals surface area contributed by atoms with Crippen molar-refractivity contribution in [3.8, 4) is 5.69 Å². The van der Waals surface area contributed by atoms with E-state index in [1.165, 1.54) is 12.8 Å². The summed E-state index contributed by atoms with van der Waals surface area (Å²) in [6.07, 6.45) is 3.18. The minimum atomic E-state index is -0.0647. The molecule has 1 aliphatic carbocycles. The van der Waals surface area contributed by atoms with Crippen molar-refractivity contribution in [1.82, 2.24) is 14.7 Å². The molecule has 0 radical (unpaired) electrons. The van der Waals surface area contributed by atoms with Crippen LogP contribution < -0.4 is 5.73 Å². The maximum absolute atomic E-state index is 13.3. The number of hydrogen-bond donors (Lipinski definition) is 1. The molecule has 2 aromatic rings. The van der Waals surface area contributed by atoms with E-state index in [2.05, 4.69) is 13.8 Å². The Hall–Kier alpha value is -2.14. The van der Waals surface area contributed by atoms with Gasteiger partial charge in [-0.3, -0.25) is 4.79 Å². The molecular weight excluding hydrogens is 312 g/mol. The highest BCUT2D eigenvalue weighted by molar-refractivity contribution is 5.93. The zero-order chi connectivity index (χ0) is 17.6. The van der Waals surface area contributed by atoms with Crippen LogP contribution in [0, 0.1) is 5.41 Å². The van der Waals surface area contributed by atoms with Crippen molar-refractivity contribution in [3.05, 3.63) is 47.8 Å². The van der Waals surface area contributed by atoms with Gasteiger partial charge in [-0.05, 0) is 42.9 Å². The largest absolute Gasteiger partial charge is 0.337 e. The summed E-state index contributed by atoms with van der Waals surface area (Å²) in [5, 5.41) is 4.75. The van der Waals surface area contributed by atoms with Crippen LogP contribution in [0.4, 0.5) is 0 Å². The van der Waals surface area contributed by atoms with Crippen LogP contribution >= 0.6 is 0 Å². The Morgan fingerprint density at radius 3 is 2.56 bits per heavy atom. The number of amides is 1. The predicted molar refractivity (Wildman–Crippen MR) is 97.8 cm³/mol. The topological polar surface area (TPSA) is 64.2 Å². The number of hydrogen-bond acceptors (Lipinski definition) is 3. The molecule has 2 fully saturated rings. The van der Waals surface area contributed by atoms with Gasteiger partial charge in [0.1, 0.15) is 5.69 Å². The zero-order valence-electron chi connectivity index (χ0n) is 15.0. The molecule has 0 spiro atoms. The highest BCUT2D eigenvalue weighted by atomic mass is 16.2. The first-order chi connectivity index (χ1) is 12.0. The normalized spacial score (nSPS) is 22.8. The fraction of sp³-hybridized carbons (Fsp3) is 0.500. The van der Waals surface area contributed by atoms with Crippen LogP contribution in [-0.2, 0) is 0 Å². The lowest BCUT2D eigenvalue weighted by atomic mass is 9.79. The Labute approximate surface area is 148 Å². The van der Waals surface area contributed by atoms with Crippen molar-refractivity contribution in [3.63, 3.8) is 0 Å². The molecule has 1 amide bonds. The van der Waals surface area contributed by atoms with E-state index in [1.54, 1.807) is 0 Å². The number of nitrogens with zero attached hydrogens (tertiary/aromatic N) is 3. The molecule has 5 heteroatoms. The summed E-state index contributed by atoms with van der Waals surface area (Å²) in [5.74, 6) is 0.575. The molecule has 132 valence electrons. The molecule has 0 bridgehead atoms. The number of likely N-dealkylation sites (tertiary alicyclic amines) is 1. The van der Waals surface area contributed by atoms with E-state index in [0.717, 1.165) is 17.8 Å². The van der Waals surface area contributed by atoms with Crippen LogP contribution in [0.2, 0.25) is 0 Å². The first-order valence-electron chi connectivity index (χ1n) is 9.16. The van der Waals surface area contributed by atoms with Crippen molar-refractivity contribution in [2.45, 2.75) is 45.1 Å². The van der Waals surface area contributed by atoms with Gasteiger partial charge in [-0.2, -0.15) is 5.10 Å². The summed E-state index contributed by atoms with van der Waals surface area (Å²) in [4.78, 5) is 15.2. The Kier molecular flexibility index (Phi) is 3.91. The highest BCUT2D eigenvalue weighted by Crippen LogP contribution is 2.40. The summed E-state index contributed by atoms with van der Waals surface area (Å²) >= 11 is 0. The number of carbonyl (C=O) groups excluding carboxylic acids is 1. The molecule has 5 nitrogen and oxygen atoms in total. The van der Waals surface area contributed by atoms with E-state index in [4.69, 9.17) is 10.8 Å². The zero-order valence-corrected chi connectivity index (χ0v) is 15.0. The number of nitrogens with two attached hydrogens (primary N) is 1. The van der Waals surface area contributed by atoms with Gasteiger partial charge in [-0.25, -0.2) is 4.68 Å². The Morgan fingerprint density at radius 1 is 1.20 bits per heavy atom. The van der Waals surface area contributed by atoms with Crippen molar-refractivity contribution in [2.24, 2.45) is 11.1 Å². The van der Waals surface area contributed by atoms with Crippen molar-refractivity contribution >= 4 is 5.91 Å². The molecule has 2 N–H and O–H groups in total. The van der Waals surface area contributed by atoms with Gasteiger partial charge in [0.15, 0.2) is 0 Å². The lowest BCUT2D eigenvalue weighted by Gasteiger charge is -2.42. The van der Waals surface area contributed by atoms with Gasteiger partial charge in [-0.1, -0.05) is 32.0 Å². The van der Waals surface area contributed by atoms with Gasteiger partial charge in [-0.15, -0.1) is 0 Å². The van der Waals surface area contributed by atoms with Gasteiger partial charge in [0.05, 0.1) is 11.4 Å². The maximum atomic E-state index is 13.3. The number of carbonyl (C=O) groups is 1. The minimum absolute atomic E-state index is 0.0585. The minimum Gasteiger partial charge on any atom is -0.337 e. The SMILES string of the molecule is CC1(C)CN(C(=O)c2cc(C3CC3)nn2-c2ccccc2)CCC1N. The van der Waals surface area contributed by atoms with Crippen LogP contribution in [0.3, 0.4) is 0 Å².